The lowest BCUT2D eigenvalue weighted by atomic mass is 10.1. The van der Waals surface area contributed by atoms with Gasteiger partial charge in [0, 0.05) is 5.56 Å². The highest BCUT2D eigenvalue weighted by Crippen LogP contribution is 2.11. The Balaban J connectivity index is 1.65. The van der Waals surface area contributed by atoms with Gasteiger partial charge in [-0.05, 0) is 36.3 Å². The first-order chi connectivity index (χ1) is 11.2. The van der Waals surface area contributed by atoms with E-state index in [0.29, 0.717) is 5.56 Å². The smallest absolute Gasteiger partial charge is 0.271 e. The third-order valence-corrected chi connectivity index (χ3v) is 3.31. The number of amides is 1. The molecule has 0 aliphatic heterocycles. The fourth-order valence-electron chi connectivity index (χ4n) is 2.18. The number of benzene rings is 2. The Labute approximate surface area is 133 Å². The van der Waals surface area contributed by atoms with E-state index in [1.165, 1.54) is 0 Å². The normalized spacial score (nSPS) is 12.0. The second kappa shape index (κ2) is 6.70. The third-order valence-electron chi connectivity index (χ3n) is 3.31. The monoisotopic (exact) mass is 304 g/mol. The molecule has 2 aromatic carbocycles. The van der Waals surface area contributed by atoms with Crippen molar-refractivity contribution in [3.05, 3.63) is 71.6 Å². The van der Waals surface area contributed by atoms with Crippen molar-refractivity contribution >= 4 is 29.2 Å². The highest BCUT2D eigenvalue weighted by atomic mass is 16.2. The lowest BCUT2D eigenvalue weighted by Gasteiger charge is -2.00. The summed E-state index contributed by atoms with van der Waals surface area (Å²) < 4.78 is 0. The van der Waals surface area contributed by atoms with E-state index in [1.807, 2.05) is 43.3 Å². The third kappa shape index (κ3) is 3.71. The minimum atomic E-state index is -0.259. The molecule has 0 unspecified atom stereocenters. The Kier molecular flexibility index (Phi) is 4.29. The zero-order chi connectivity index (χ0) is 16.1. The number of hydrazone groups is 1. The lowest BCUT2D eigenvalue weighted by Crippen LogP contribution is -2.17. The predicted octanol–water partition coefficient (Wildman–Crippen LogP) is 3.38. The molecule has 114 valence electrons. The van der Waals surface area contributed by atoms with E-state index in [0.717, 1.165) is 22.2 Å². The van der Waals surface area contributed by atoms with Gasteiger partial charge in [-0.25, -0.2) is 10.4 Å². The Hall–Kier alpha value is -3.21. The minimum Gasteiger partial charge on any atom is -0.345 e. The van der Waals surface area contributed by atoms with Crippen LogP contribution in [0.1, 0.15) is 22.8 Å². The van der Waals surface area contributed by atoms with Crippen molar-refractivity contribution in [1.29, 1.82) is 0 Å². The molecule has 2 N–H and O–H groups in total. The number of H-pyrrole nitrogens is 1. The molecule has 5 nitrogen and oxygen atoms in total. The summed E-state index contributed by atoms with van der Waals surface area (Å²) in [6, 6.07) is 15.2. The summed E-state index contributed by atoms with van der Waals surface area (Å²) in [5.41, 5.74) is 6.74. The van der Waals surface area contributed by atoms with Crippen molar-refractivity contribution < 1.29 is 4.79 Å². The molecule has 3 rings (SSSR count). The molecule has 3 aromatic rings. The SMILES string of the molecule is CC(=C/c1ccccc1)/C=N/NC(=O)c1ccc2nc[nH]c2c1. The molecule has 0 spiro atoms. The van der Waals surface area contributed by atoms with Crippen LogP contribution in [0.3, 0.4) is 0 Å². The minimum absolute atomic E-state index is 0.259. The first-order valence-electron chi connectivity index (χ1n) is 7.22. The van der Waals surface area contributed by atoms with Crippen LogP contribution in [-0.2, 0) is 0 Å². The number of nitrogens with one attached hydrogen (secondary N) is 2. The lowest BCUT2D eigenvalue weighted by molar-refractivity contribution is 0.0955. The van der Waals surface area contributed by atoms with E-state index in [4.69, 9.17) is 0 Å². The van der Waals surface area contributed by atoms with Gasteiger partial charge in [-0.2, -0.15) is 5.10 Å². The Morgan fingerprint density at radius 1 is 1.22 bits per heavy atom. The predicted molar refractivity (Wildman–Crippen MR) is 92.1 cm³/mol. The number of hydrogen-bond acceptors (Lipinski definition) is 3. The number of imidazole rings is 1. The highest BCUT2D eigenvalue weighted by molar-refractivity contribution is 5.97. The van der Waals surface area contributed by atoms with Gasteiger partial charge in [-0.15, -0.1) is 0 Å². The Bertz CT molecular complexity index is 878. The highest BCUT2D eigenvalue weighted by Gasteiger charge is 2.05. The van der Waals surface area contributed by atoms with Gasteiger partial charge in [-0.1, -0.05) is 36.4 Å². The molecule has 0 aliphatic carbocycles. The van der Waals surface area contributed by atoms with E-state index < -0.39 is 0 Å². The molecule has 1 aromatic heterocycles. The average molecular weight is 304 g/mol. The van der Waals surface area contributed by atoms with Gasteiger partial charge in [0.15, 0.2) is 0 Å². The summed E-state index contributed by atoms with van der Waals surface area (Å²) in [5.74, 6) is -0.259. The van der Waals surface area contributed by atoms with Crippen molar-refractivity contribution in [3.63, 3.8) is 0 Å². The van der Waals surface area contributed by atoms with Crippen molar-refractivity contribution in [2.75, 3.05) is 0 Å². The Morgan fingerprint density at radius 3 is 2.87 bits per heavy atom. The topological polar surface area (TPSA) is 70.1 Å². The van der Waals surface area contributed by atoms with Crippen LogP contribution in [0.15, 0.2) is 65.5 Å². The summed E-state index contributed by atoms with van der Waals surface area (Å²) in [6.45, 7) is 1.93. The molecule has 0 radical (unpaired) electrons. The fourth-order valence-corrected chi connectivity index (χ4v) is 2.18. The molecule has 0 fully saturated rings. The molecule has 0 saturated carbocycles. The molecule has 1 amide bonds. The molecule has 0 aliphatic rings. The maximum absolute atomic E-state index is 12.1. The van der Waals surface area contributed by atoms with Gasteiger partial charge in [0.2, 0.25) is 0 Å². The Morgan fingerprint density at radius 2 is 2.04 bits per heavy atom. The summed E-state index contributed by atoms with van der Waals surface area (Å²) in [7, 11) is 0. The summed E-state index contributed by atoms with van der Waals surface area (Å²) in [4.78, 5) is 19.2. The summed E-state index contributed by atoms with van der Waals surface area (Å²) in [5, 5.41) is 3.99. The van der Waals surface area contributed by atoms with Crippen LogP contribution in [0.25, 0.3) is 17.1 Å². The van der Waals surface area contributed by atoms with Gasteiger partial charge in [0.1, 0.15) is 0 Å². The van der Waals surface area contributed by atoms with Gasteiger partial charge < -0.3 is 4.98 Å². The molecule has 0 atom stereocenters. The van der Waals surface area contributed by atoms with Gasteiger partial charge in [0.05, 0.1) is 23.6 Å². The van der Waals surface area contributed by atoms with Gasteiger partial charge in [-0.3, -0.25) is 4.79 Å². The molecule has 0 bridgehead atoms. The summed E-state index contributed by atoms with van der Waals surface area (Å²) in [6.07, 6.45) is 5.22. The second-order valence-electron chi connectivity index (χ2n) is 5.13. The fraction of sp³-hybridized carbons (Fsp3) is 0.0556. The molecule has 23 heavy (non-hydrogen) atoms. The molecule has 1 heterocycles. The maximum Gasteiger partial charge on any atom is 0.271 e. The maximum atomic E-state index is 12.1. The van der Waals surface area contributed by atoms with Crippen LogP contribution >= 0.6 is 0 Å². The zero-order valence-corrected chi connectivity index (χ0v) is 12.7. The first-order valence-corrected chi connectivity index (χ1v) is 7.22. The summed E-state index contributed by atoms with van der Waals surface area (Å²) >= 11 is 0. The van der Waals surface area contributed by atoms with Gasteiger partial charge in [0.25, 0.3) is 5.91 Å². The van der Waals surface area contributed by atoms with E-state index in [-0.39, 0.29) is 5.91 Å². The van der Waals surface area contributed by atoms with E-state index in [9.17, 15) is 4.79 Å². The number of aromatic nitrogens is 2. The number of hydrogen-bond donors (Lipinski definition) is 2. The van der Waals surface area contributed by atoms with Crippen molar-refractivity contribution in [2.24, 2.45) is 5.10 Å². The van der Waals surface area contributed by atoms with E-state index >= 15 is 0 Å². The van der Waals surface area contributed by atoms with Crippen LogP contribution in [0.5, 0.6) is 0 Å². The van der Waals surface area contributed by atoms with Crippen molar-refractivity contribution in [3.8, 4) is 0 Å². The number of allylic oxidation sites excluding steroid dienone is 1. The molecule has 5 heteroatoms. The van der Waals surface area contributed by atoms with Crippen LogP contribution in [0, 0.1) is 0 Å². The van der Waals surface area contributed by atoms with E-state index in [1.54, 1.807) is 30.7 Å². The number of carbonyl (C=O) groups excluding carboxylic acids is 1. The second-order valence-corrected chi connectivity index (χ2v) is 5.13. The van der Waals surface area contributed by atoms with Crippen molar-refractivity contribution in [2.45, 2.75) is 6.92 Å². The van der Waals surface area contributed by atoms with E-state index in [2.05, 4.69) is 20.5 Å². The van der Waals surface area contributed by atoms with Crippen LogP contribution < -0.4 is 5.43 Å². The molecular formula is C18H16N4O. The molecular weight excluding hydrogens is 288 g/mol. The molecule has 0 saturated heterocycles. The standard InChI is InChI=1S/C18H16N4O/c1-13(9-14-5-3-2-4-6-14)11-21-22-18(23)15-7-8-16-17(10-15)20-12-19-16/h2-12H,1H3,(H,19,20)(H,22,23)/b13-9-,21-11+. The number of aromatic amines is 1. The quantitative estimate of drug-likeness (QED) is 0.573. The van der Waals surface area contributed by atoms with Gasteiger partial charge >= 0.3 is 0 Å². The largest absolute Gasteiger partial charge is 0.345 e. The van der Waals surface area contributed by atoms with Crippen molar-refractivity contribution in [1.82, 2.24) is 15.4 Å². The zero-order valence-electron chi connectivity index (χ0n) is 12.7. The average Bonchev–Trinajstić information content (AvgIpc) is 3.03. The van der Waals surface area contributed by atoms with Crippen LogP contribution in [0.2, 0.25) is 0 Å². The number of nitrogens with zero attached hydrogens (tertiary/aromatic N) is 2. The number of fused-ring (bicyclic) bond motifs is 1. The number of carbonyl (C=O) groups is 1. The first kappa shape index (κ1) is 14.7. The van der Waals surface area contributed by atoms with Crippen LogP contribution in [0.4, 0.5) is 0 Å². The van der Waals surface area contributed by atoms with Crippen LogP contribution in [-0.4, -0.2) is 22.1 Å². The number of rotatable bonds is 4.